The lowest BCUT2D eigenvalue weighted by molar-refractivity contribution is -0.329. The Morgan fingerprint density at radius 3 is 1.98 bits per heavy atom. The van der Waals surface area contributed by atoms with Gasteiger partial charge in [-0.3, -0.25) is 0 Å². The van der Waals surface area contributed by atoms with E-state index in [2.05, 4.69) is 0 Å². The van der Waals surface area contributed by atoms with Crippen molar-refractivity contribution in [2.24, 2.45) is 0 Å². The summed E-state index contributed by atoms with van der Waals surface area (Å²) in [5, 5.41) is 22.8. The van der Waals surface area contributed by atoms with E-state index < -0.39 is 30.2 Å². The van der Waals surface area contributed by atoms with Gasteiger partial charge in [0, 0.05) is 13.5 Å². The molecule has 5 rings (SSSR count). The van der Waals surface area contributed by atoms with Crippen molar-refractivity contribution in [2.75, 3.05) is 13.7 Å². The summed E-state index contributed by atoms with van der Waals surface area (Å²) in [5.41, 5.74) is 0.248. The van der Waals surface area contributed by atoms with Crippen molar-refractivity contribution in [3.8, 4) is 11.5 Å². The van der Waals surface area contributed by atoms with Crippen LogP contribution >= 0.6 is 0 Å². The molecule has 0 spiro atoms. The number of hydrogen-bond donors (Lipinski definition) is 2. The maximum Gasteiger partial charge on any atom is 0.197 e. The van der Waals surface area contributed by atoms with E-state index in [1.54, 1.807) is 0 Å². The summed E-state index contributed by atoms with van der Waals surface area (Å²) < 4.78 is 30.8. The molecule has 3 aromatic carbocycles. The minimum absolute atomic E-state index is 0.209. The predicted octanol–water partition coefficient (Wildman–Crippen LogP) is 5.07. The topological polar surface area (TPSA) is 86.6 Å². The largest absolute Gasteiger partial charge is 0.490 e. The van der Waals surface area contributed by atoms with Gasteiger partial charge in [0.25, 0.3) is 0 Å². The fourth-order valence-corrected chi connectivity index (χ4v) is 5.76. The number of rotatable bonds is 11. The quantitative estimate of drug-likeness (QED) is 0.346. The molecule has 2 fully saturated rings. The maximum atomic E-state index is 12.5. The lowest BCUT2D eigenvalue weighted by atomic mass is 9.79. The number of aliphatic hydroxyl groups is 2. The first kappa shape index (κ1) is 28.6. The SMILES string of the molecule is COC1O[C@H](CO)[C@@H](OCc2ccccc2)[C@@](O)(Cc2ccccc2)[C@H]1Oc1ccc(OC2CCCCC2)cc1. The number of ether oxygens (including phenoxy) is 5. The molecule has 7 heteroatoms. The molecule has 3 aromatic rings. The molecule has 0 radical (unpaired) electrons. The maximum absolute atomic E-state index is 12.5. The zero-order chi connectivity index (χ0) is 27.8. The predicted molar refractivity (Wildman–Crippen MR) is 151 cm³/mol. The molecule has 0 amide bonds. The fraction of sp³-hybridized carbons (Fsp3) is 0.455. The van der Waals surface area contributed by atoms with E-state index in [4.69, 9.17) is 23.7 Å². The summed E-state index contributed by atoms with van der Waals surface area (Å²) in [7, 11) is 1.50. The van der Waals surface area contributed by atoms with Gasteiger partial charge in [-0.25, -0.2) is 0 Å². The third-order valence-corrected chi connectivity index (χ3v) is 7.84. The smallest absolute Gasteiger partial charge is 0.197 e. The molecule has 0 bridgehead atoms. The van der Waals surface area contributed by atoms with Crippen LogP contribution in [0.4, 0.5) is 0 Å². The Morgan fingerprint density at radius 2 is 1.38 bits per heavy atom. The van der Waals surface area contributed by atoms with Crippen molar-refractivity contribution in [3.05, 3.63) is 96.1 Å². The summed E-state index contributed by atoms with van der Waals surface area (Å²) >= 11 is 0. The Bertz CT molecular complexity index is 1150. The Labute approximate surface area is 236 Å². The Balaban J connectivity index is 1.41. The normalized spacial score (nSPS) is 27.3. The molecule has 214 valence electrons. The molecule has 2 aliphatic rings. The van der Waals surface area contributed by atoms with E-state index >= 15 is 0 Å². The van der Waals surface area contributed by atoms with Crippen molar-refractivity contribution >= 4 is 0 Å². The van der Waals surface area contributed by atoms with Crippen LogP contribution in [-0.4, -0.2) is 60.2 Å². The molecule has 1 saturated heterocycles. The van der Waals surface area contributed by atoms with Crippen LogP contribution in [0, 0.1) is 0 Å². The van der Waals surface area contributed by atoms with E-state index in [9.17, 15) is 10.2 Å². The van der Waals surface area contributed by atoms with Crippen molar-refractivity contribution < 1.29 is 33.9 Å². The van der Waals surface area contributed by atoms with Crippen LogP contribution in [0.25, 0.3) is 0 Å². The standard InChI is InChI=1S/C33H40O7/c1-36-32-31(39-28-19-17-27(18-20-28)38-26-15-9-4-10-16-26)33(35,21-24-11-5-2-6-12-24)30(29(22-34)40-32)37-23-25-13-7-3-8-14-25/h2-3,5-8,11-14,17-20,26,29-32,34-35H,4,9-10,15-16,21-23H2,1H3/t29-,30-,31+,32?,33+/m1/s1. The molecule has 1 aliphatic heterocycles. The second kappa shape index (κ2) is 13.6. The van der Waals surface area contributed by atoms with Crippen molar-refractivity contribution in [1.82, 2.24) is 0 Å². The Kier molecular flexibility index (Phi) is 9.73. The van der Waals surface area contributed by atoms with Crippen LogP contribution < -0.4 is 9.47 Å². The Hall–Kier alpha value is -2.94. The van der Waals surface area contributed by atoms with Gasteiger partial charge in [-0.1, -0.05) is 67.1 Å². The van der Waals surface area contributed by atoms with E-state index in [1.165, 1.54) is 26.4 Å². The highest BCUT2D eigenvalue weighted by Crippen LogP contribution is 2.38. The fourth-order valence-electron chi connectivity index (χ4n) is 5.76. The molecule has 1 heterocycles. The highest BCUT2D eigenvalue weighted by Gasteiger charge is 2.58. The minimum Gasteiger partial charge on any atom is -0.490 e. The van der Waals surface area contributed by atoms with Gasteiger partial charge in [0.15, 0.2) is 12.4 Å². The van der Waals surface area contributed by atoms with Crippen molar-refractivity contribution in [3.63, 3.8) is 0 Å². The van der Waals surface area contributed by atoms with Gasteiger partial charge in [0.2, 0.25) is 0 Å². The van der Waals surface area contributed by atoms with E-state index in [1.807, 2.05) is 84.9 Å². The van der Waals surface area contributed by atoms with E-state index in [-0.39, 0.29) is 25.7 Å². The van der Waals surface area contributed by atoms with Gasteiger partial charge in [0.1, 0.15) is 29.3 Å². The zero-order valence-corrected chi connectivity index (χ0v) is 23.1. The number of aliphatic hydroxyl groups excluding tert-OH is 1. The van der Waals surface area contributed by atoms with Crippen LogP contribution in [0.2, 0.25) is 0 Å². The van der Waals surface area contributed by atoms with Crippen LogP contribution in [0.15, 0.2) is 84.9 Å². The van der Waals surface area contributed by atoms with Gasteiger partial charge in [-0.05, 0) is 61.1 Å². The van der Waals surface area contributed by atoms with Crippen molar-refractivity contribution in [2.45, 2.75) is 81.4 Å². The van der Waals surface area contributed by atoms with Gasteiger partial charge >= 0.3 is 0 Å². The molecule has 1 aliphatic carbocycles. The van der Waals surface area contributed by atoms with Gasteiger partial charge in [0.05, 0.1) is 19.3 Å². The Morgan fingerprint density at radius 1 is 0.775 bits per heavy atom. The first-order valence-electron chi connectivity index (χ1n) is 14.2. The molecule has 7 nitrogen and oxygen atoms in total. The molecule has 5 atom stereocenters. The van der Waals surface area contributed by atoms with Crippen LogP contribution in [0.5, 0.6) is 11.5 Å². The minimum atomic E-state index is -1.60. The third kappa shape index (κ3) is 6.85. The molecule has 2 N–H and O–H groups in total. The molecular weight excluding hydrogens is 508 g/mol. The van der Waals surface area contributed by atoms with E-state index in [0.717, 1.165) is 29.7 Å². The molecule has 40 heavy (non-hydrogen) atoms. The zero-order valence-electron chi connectivity index (χ0n) is 23.1. The van der Waals surface area contributed by atoms with Crippen LogP contribution in [0.3, 0.4) is 0 Å². The molecule has 0 aromatic heterocycles. The average Bonchev–Trinajstić information content (AvgIpc) is 3.00. The summed E-state index contributed by atoms with van der Waals surface area (Å²) in [6.45, 7) is -0.115. The van der Waals surface area contributed by atoms with Gasteiger partial charge in [-0.2, -0.15) is 0 Å². The summed E-state index contributed by atoms with van der Waals surface area (Å²) in [6, 6.07) is 26.9. The highest BCUT2D eigenvalue weighted by atomic mass is 16.7. The number of methoxy groups -OCH3 is 1. The lowest BCUT2D eigenvalue weighted by Gasteiger charge is -2.50. The molecular formula is C33H40O7. The van der Waals surface area contributed by atoms with Gasteiger partial charge in [-0.15, -0.1) is 0 Å². The molecule has 1 saturated carbocycles. The summed E-state index contributed by atoms with van der Waals surface area (Å²) in [5.74, 6) is 1.34. The summed E-state index contributed by atoms with van der Waals surface area (Å²) in [6.07, 6.45) is 2.67. The second-order valence-corrected chi connectivity index (χ2v) is 10.7. The number of hydrogen-bond acceptors (Lipinski definition) is 7. The van der Waals surface area contributed by atoms with E-state index in [0.29, 0.717) is 5.75 Å². The first-order valence-corrected chi connectivity index (χ1v) is 14.2. The summed E-state index contributed by atoms with van der Waals surface area (Å²) in [4.78, 5) is 0. The van der Waals surface area contributed by atoms with Crippen LogP contribution in [-0.2, 0) is 27.2 Å². The van der Waals surface area contributed by atoms with Gasteiger partial charge < -0.3 is 33.9 Å². The monoisotopic (exact) mass is 548 g/mol. The van der Waals surface area contributed by atoms with Crippen LogP contribution in [0.1, 0.15) is 43.2 Å². The average molecular weight is 549 g/mol. The lowest BCUT2D eigenvalue weighted by Crippen LogP contribution is -2.70. The molecule has 1 unspecified atom stereocenters. The third-order valence-electron chi connectivity index (χ3n) is 7.84. The second-order valence-electron chi connectivity index (χ2n) is 10.7. The van der Waals surface area contributed by atoms with Crippen molar-refractivity contribution in [1.29, 1.82) is 0 Å². The number of benzene rings is 3. The first-order chi connectivity index (χ1) is 19.6. The highest BCUT2D eigenvalue weighted by molar-refractivity contribution is 5.32.